The summed E-state index contributed by atoms with van der Waals surface area (Å²) < 4.78 is 0. The smallest absolute Gasteiger partial charge is 0.193 e. The van der Waals surface area contributed by atoms with Gasteiger partial charge in [-0.1, -0.05) is 58.4 Å². The molecule has 0 spiro atoms. The molecule has 0 amide bonds. The Morgan fingerprint density at radius 2 is 2.19 bits per heavy atom. The van der Waals surface area contributed by atoms with Crippen LogP contribution in [0.15, 0.2) is 11.5 Å². The van der Waals surface area contributed by atoms with Crippen molar-refractivity contribution in [2.45, 2.75) is 53.4 Å². The topological polar surface area (TPSA) is 17.1 Å². The standard InChI is InChI=1S/C14H24OS/c1-5-8-14(4,6-2)12-10-13(15)16-9-7-11(12)3/h7,9,11-12H,5-6,8,10H2,1-4H3. The van der Waals surface area contributed by atoms with Crippen LogP contribution in [0.5, 0.6) is 0 Å². The molecule has 1 aliphatic heterocycles. The Morgan fingerprint density at radius 3 is 2.75 bits per heavy atom. The van der Waals surface area contributed by atoms with Crippen molar-refractivity contribution in [2.75, 3.05) is 0 Å². The van der Waals surface area contributed by atoms with Crippen molar-refractivity contribution in [3.05, 3.63) is 11.5 Å². The van der Waals surface area contributed by atoms with Crippen LogP contribution in [0.4, 0.5) is 0 Å². The molecule has 0 saturated carbocycles. The molecule has 16 heavy (non-hydrogen) atoms. The van der Waals surface area contributed by atoms with Crippen LogP contribution >= 0.6 is 11.8 Å². The van der Waals surface area contributed by atoms with Gasteiger partial charge in [-0.3, -0.25) is 4.79 Å². The average molecular weight is 240 g/mol. The molecule has 1 nitrogen and oxygen atoms in total. The summed E-state index contributed by atoms with van der Waals surface area (Å²) in [4.78, 5) is 11.7. The third-order valence-electron chi connectivity index (χ3n) is 4.13. The lowest BCUT2D eigenvalue weighted by Gasteiger charge is -2.39. The third-order valence-corrected chi connectivity index (χ3v) is 4.85. The highest BCUT2D eigenvalue weighted by Crippen LogP contribution is 2.44. The maximum absolute atomic E-state index is 11.7. The molecule has 0 bridgehead atoms. The minimum Gasteiger partial charge on any atom is -0.287 e. The zero-order valence-electron chi connectivity index (χ0n) is 11.0. The summed E-state index contributed by atoms with van der Waals surface area (Å²) in [6.07, 6.45) is 6.55. The number of thioether (sulfide) groups is 1. The van der Waals surface area contributed by atoms with Crippen LogP contribution in [0.3, 0.4) is 0 Å². The molecule has 3 atom stereocenters. The van der Waals surface area contributed by atoms with Crippen LogP contribution in [0.2, 0.25) is 0 Å². The Balaban J connectivity index is 2.88. The first kappa shape index (κ1) is 13.8. The van der Waals surface area contributed by atoms with E-state index >= 15 is 0 Å². The van der Waals surface area contributed by atoms with Gasteiger partial charge in [-0.25, -0.2) is 0 Å². The number of carbonyl (C=O) groups is 1. The number of hydrogen-bond donors (Lipinski definition) is 0. The Labute approximate surface area is 104 Å². The van der Waals surface area contributed by atoms with Crippen LogP contribution in [-0.2, 0) is 4.79 Å². The van der Waals surface area contributed by atoms with Gasteiger partial charge in [-0.15, -0.1) is 0 Å². The van der Waals surface area contributed by atoms with Gasteiger partial charge in [0, 0.05) is 6.42 Å². The van der Waals surface area contributed by atoms with E-state index in [1.165, 1.54) is 31.0 Å². The molecular formula is C14H24OS. The lowest BCUT2D eigenvalue weighted by atomic mass is 9.66. The zero-order chi connectivity index (χ0) is 12.2. The highest BCUT2D eigenvalue weighted by Gasteiger charge is 2.36. The predicted molar refractivity (Wildman–Crippen MR) is 72.3 cm³/mol. The minimum atomic E-state index is 0.319. The highest BCUT2D eigenvalue weighted by atomic mass is 32.2. The van der Waals surface area contributed by atoms with Crippen molar-refractivity contribution < 1.29 is 4.79 Å². The fourth-order valence-corrected chi connectivity index (χ4v) is 3.62. The van der Waals surface area contributed by atoms with E-state index in [1.54, 1.807) is 0 Å². The maximum Gasteiger partial charge on any atom is 0.193 e. The fourth-order valence-electron chi connectivity index (χ4n) is 2.86. The van der Waals surface area contributed by atoms with Crippen LogP contribution in [0, 0.1) is 17.3 Å². The van der Waals surface area contributed by atoms with Crippen LogP contribution in [0.25, 0.3) is 0 Å². The third kappa shape index (κ3) is 3.13. The van der Waals surface area contributed by atoms with Gasteiger partial charge in [-0.2, -0.15) is 0 Å². The van der Waals surface area contributed by atoms with E-state index in [1.807, 2.05) is 5.41 Å². The van der Waals surface area contributed by atoms with Gasteiger partial charge in [0.05, 0.1) is 0 Å². The summed E-state index contributed by atoms with van der Waals surface area (Å²) >= 11 is 1.37. The monoisotopic (exact) mass is 240 g/mol. The second kappa shape index (κ2) is 5.90. The maximum atomic E-state index is 11.7. The van der Waals surface area contributed by atoms with Gasteiger partial charge in [0.25, 0.3) is 0 Å². The first-order chi connectivity index (χ1) is 7.53. The van der Waals surface area contributed by atoms with Gasteiger partial charge < -0.3 is 0 Å². The Kier molecular flexibility index (Phi) is 5.10. The largest absolute Gasteiger partial charge is 0.287 e. The molecule has 1 heterocycles. The van der Waals surface area contributed by atoms with Crippen LogP contribution in [0.1, 0.15) is 53.4 Å². The van der Waals surface area contributed by atoms with Crippen molar-refractivity contribution in [3.63, 3.8) is 0 Å². The second-order valence-corrected chi connectivity index (χ2v) is 6.21. The minimum absolute atomic E-state index is 0.319. The fraction of sp³-hybridized carbons (Fsp3) is 0.786. The second-order valence-electron chi connectivity index (χ2n) is 5.25. The van der Waals surface area contributed by atoms with Crippen LogP contribution < -0.4 is 0 Å². The molecule has 0 saturated heterocycles. The summed E-state index contributed by atoms with van der Waals surface area (Å²) in [6.45, 7) is 9.11. The normalized spacial score (nSPS) is 29.9. The molecule has 2 heteroatoms. The van der Waals surface area contributed by atoms with E-state index < -0.39 is 0 Å². The van der Waals surface area contributed by atoms with Gasteiger partial charge in [-0.05, 0) is 29.1 Å². The lowest BCUT2D eigenvalue weighted by molar-refractivity contribution is -0.113. The van der Waals surface area contributed by atoms with Gasteiger partial charge in [0.15, 0.2) is 5.12 Å². The molecule has 3 unspecified atom stereocenters. The quantitative estimate of drug-likeness (QED) is 0.712. The molecule has 0 radical (unpaired) electrons. The predicted octanol–water partition coefficient (Wildman–Crippen LogP) is 4.63. The molecular weight excluding hydrogens is 216 g/mol. The molecule has 0 aromatic carbocycles. The number of carbonyl (C=O) groups excluding carboxylic acids is 1. The Bertz CT molecular complexity index is 272. The molecule has 0 fully saturated rings. The van der Waals surface area contributed by atoms with E-state index in [2.05, 4.69) is 33.8 Å². The van der Waals surface area contributed by atoms with Crippen molar-refractivity contribution in [1.29, 1.82) is 0 Å². The SMILES string of the molecule is CCCC(C)(CC)C1CC(=O)SC=CC1C. The van der Waals surface area contributed by atoms with Gasteiger partial charge in [0.2, 0.25) is 0 Å². The Morgan fingerprint density at radius 1 is 1.50 bits per heavy atom. The lowest BCUT2D eigenvalue weighted by Crippen LogP contribution is -2.32. The summed E-state index contributed by atoms with van der Waals surface area (Å²) in [6, 6.07) is 0. The van der Waals surface area contributed by atoms with E-state index in [9.17, 15) is 4.79 Å². The molecule has 1 rings (SSSR count). The summed E-state index contributed by atoms with van der Waals surface area (Å²) in [5.74, 6) is 1.03. The Hall–Kier alpha value is -0.240. The van der Waals surface area contributed by atoms with Crippen molar-refractivity contribution in [1.82, 2.24) is 0 Å². The van der Waals surface area contributed by atoms with Crippen molar-refractivity contribution in [3.8, 4) is 0 Å². The summed E-state index contributed by atoms with van der Waals surface area (Å²) in [5.41, 5.74) is 0.319. The summed E-state index contributed by atoms with van der Waals surface area (Å²) in [7, 11) is 0. The number of rotatable bonds is 4. The number of allylic oxidation sites excluding steroid dienone is 1. The highest BCUT2D eigenvalue weighted by molar-refractivity contribution is 8.16. The average Bonchev–Trinajstić information content (AvgIpc) is 2.41. The van der Waals surface area contributed by atoms with Crippen LogP contribution in [-0.4, -0.2) is 5.12 Å². The van der Waals surface area contributed by atoms with E-state index in [-0.39, 0.29) is 0 Å². The van der Waals surface area contributed by atoms with E-state index in [4.69, 9.17) is 0 Å². The zero-order valence-corrected chi connectivity index (χ0v) is 11.8. The van der Waals surface area contributed by atoms with E-state index in [0.717, 1.165) is 6.42 Å². The van der Waals surface area contributed by atoms with Crippen molar-refractivity contribution in [2.24, 2.45) is 17.3 Å². The number of hydrogen-bond acceptors (Lipinski definition) is 2. The van der Waals surface area contributed by atoms with Crippen molar-refractivity contribution >= 4 is 16.9 Å². The van der Waals surface area contributed by atoms with Gasteiger partial charge >= 0.3 is 0 Å². The first-order valence-corrected chi connectivity index (χ1v) is 7.27. The van der Waals surface area contributed by atoms with Gasteiger partial charge in [0.1, 0.15) is 0 Å². The molecule has 0 aromatic heterocycles. The molecule has 92 valence electrons. The summed E-state index contributed by atoms with van der Waals surface area (Å²) in [5, 5.41) is 2.32. The van der Waals surface area contributed by atoms with E-state index in [0.29, 0.717) is 22.4 Å². The first-order valence-electron chi connectivity index (χ1n) is 6.39. The molecule has 0 N–H and O–H groups in total. The molecule has 0 aliphatic carbocycles. The molecule has 0 aromatic rings. The molecule has 1 aliphatic rings.